The van der Waals surface area contributed by atoms with Gasteiger partial charge in [-0.25, -0.2) is 0 Å². The molecule has 1 unspecified atom stereocenters. The summed E-state index contributed by atoms with van der Waals surface area (Å²) in [5, 5.41) is 33.4. The molecule has 3 rings (SSSR count). The lowest BCUT2D eigenvalue weighted by Gasteiger charge is -2.27. The second kappa shape index (κ2) is 8.70. The van der Waals surface area contributed by atoms with E-state index in [1.165, 1.54) is 24.3 Å². The summed E-state index contributed by atoms with van der Waals surface area (Å²) in [5.41, 5.74) is 0.796. The van der Waals surface area contributed by atoms with E-state index in [2.05, 4.69) is 0 Å². The summed E-state index contributed by atoms with van der Waals surface area (Å²) in [6.07, 6.45) is 0.304. The number of carbonyl (C=O) groups is 3. The van der Waals surface area contributed by atoms with Crippen molar-refractivity contribution in [1.82, 2.24) is 4.90 Å². The number of nitro groups is 1. The van der Waals surface area contributed by atoms with Gasteiger partial charge in [0.1, 0.15) is 15.8 Å². The maximum atomic E-state index is 12.6. The Morgan fingerprint density at radius 1 is 1.29 bits per heavy atom. The van der Waals surface area contributed by atoms with Crippen molar-refractivity contribution in [2.45, 2.75) is 19.4 Å². The van der Waals surface area contributed by atoms with Gasteiger partial charge in [-0.1, -0.05) is 30.0 Å². The van der Waals surface area contributed by atoms with Gasteiger partial charge in [-0.15, -0.1) is 0 Å². The highest BCUT2D eigenvalue weighted by Gasteiger charge is 2.38. The molecule has 1 aliphatic rings. The van der Waals surface area contributed by atoms with Gasteiger partial charge in [-0.2, -0.15) is 0 Å². The number of carboxylic acids is 2. The second-order valence-corrected chi connectivity index (χ2v) is 8.12. The van der Waals surface area contributed by atoms with Gasteiger partial charge in [-0.05, 0) is 30.7 Å². The molecule has 1 aliphatic heterocycles. The van der Waals surface area contributed by atoms with Crippen LogP contribution in [0.2, 0.25) is 0 Å². The van der Waals surface area contributed by atoms with Crippen LogP contribution in [-0.2, 0) is 14.4 Å². The summed E-state index contributed by atoms with van der Waals surface area (Å²) >= 11 is 5.78. The molecule has 0 aliphatic carbocycles. The lowest BCUT2D eigenvalue weighted by Crippen LogP contribution is -2.52. The zero-order chi connectivity index (χ0) is 22.9. The van der Waals surface area contributed by atoms with Gasteiger partial charge >= 0.3 is 0 Å². The number of carboxylic acid groups (broad SMARTS) is 2. The van der Waals surface area contributed by atoms with Crippen LogP contribution in [-0.4, -0.2) is 38.0 Å². The van der Waals surface area contributed by atoms with E-state index < -0.39 is 35.2 Å². The Bertz CT molecular complexity index is 1150. The van der Waals surface area contributed by atoms with E-state index >= 15 is 0 Å². The first-order chi connectivity index (χ1) is 14.6. The smallest absolute Gasteiger partial charge is 0.280 e. The first-order valence-corrected chi connectivity index (χ1v) is 9.84. The van der Waals surface area contributed by atoms with Crippen LogP contribution in [0.15, 0.2) is 39.7 Å². The quantitative estimate of drug-likeness (QED) is 0.248. The van der Waals surface area contributed by atoms with Gasteiger partial charge in [-0.3, -0.25) is 19.8 Å². The van der Waals surface area contributed by atoms with Crippen LogP contribution in [0.4, 0.5) is 5.69 Å². The topological polar surface area (TPSA) is 157 Å². The van der Waals surface area contributed by atoms with E-state index in [4.69, 9.17) is 16.6 Å². The predicted octanol–water partition coefficient (Wildman–Crippen LogP) is 0.623. The maximum Gasteiger partial charge on any atom is 0.280 e. The molecule has 31 heavy (non-hydrogen) atoms. The fraction of sp³-hybridized carbons (Fsp3) is 0.158. The molecule has 1 fully saturated rings. The number of aryl methyl sites for hydroxylation is 1. The van der Waals surface area contributed by atoms with Crippen LogP contribution >= 0.6 is 24.0 Å². The zero-order valence-electron chi connectivity index (χ0n) is 15.7. The molecule has 0 spiro atoms. The van der Waals surface area contributed by atoms with E-state index in [-0.39, 0.29) is 32.0 Å². The summed E-state index contributed by atoms with van der Waals surface area (Å²) in [6.45, 7) is 1.71. The molecule has 0 radical (unpaired) electrons. The van der Waals surface area contributed by atoms with Crippen LogP contribution in [0.25, 0.3) is 17.4 Å². The highest BCUT2D eigenvalue weighted by Crippen LogP contribution is 2.36. The highest BCUT2D eigenvalue weighted by molar-refractivity contribution is 8.26. The van der Waals surface area contributed by atoms with Crippen molar-refractivity contribution in [3.63, 3.8) is 0 Å². The van der Waals surface area contributed by atoms with Crippen LogP contribution < -0.4 is 10.2 Å². The number of thioether (sulfide) groups is 1. The van der Waals surface area contributed by atoms with E-state index in [0.717, 1.165) is 11.8 Å². The molecule has 1 saturated heterocycles. The molecule has 2 heterocycles. The summed E-state index contributed by atoms with van der Waals surface area (Å²) in [5.74, 6) is -3.94. The Morgan fingerprint density at radius 2 is 2.00 bits per heavy atom. The van der Waals surface area contributed by atoms with E-state index in [1.54, 1.807) is 19.1 Å². The SMILES string of the molecule is Cc1ccc(-c2ccc(C=C3SC(=S)N(C(CC(=O)[O-])C(=O)[O-])C3=O)o2)c([N+](=O)[O-])c1. The van der Waals surface area contributed by atoms with Crippen molar-refractivity contribution in [2.24, 2.45) is 0 Å². The molecular weight excluding hydrogens is 448 g/mol. The molecule has 2 aromatic rings. The fourth-order valence-electron chi connectivity index (χ4n) is 2.89. The number of aliphatic carboxylic acids is 2. The lowest BCUT2D eigenvalue weighted by molar-refractivity contribution is -0.384. The number of amides is 1. The average molecular weight is 460 g/mol. The van der Waals surface area contributed by atoms with Gasteiger partial charge in [0.15, 0.2) is 0 Å². The van der Waals surface area contributed by atoms with Crippen molar-refractivity contribution < 1.29 is 33.9 Å². The number of benzene rings is 1. The number of furan rings is 1. The minimum Gasteiger partial charge on any atom is -0.550 e. The summed E-state index contributed by atoms with van der Waals surface area (Å²) in [4.78, 5) is 46.2. The minimum absolute atomic E-state index is 0.00564. The van der Waals surface area contributed by atoms with Crippen molar-refractivity contribution in [2.75, 3.05) is 0 Å². The van der Waals surface area contributed by atoms with Gasteiger partial charge in [0.25, 0.3) is 11.6 Å². The molecule has 0 bridgehead atoms. The van der Waals surface area contributed by atoms with Gasteiger partial charge in [0.2, 0.25) is 0 Å². The van der Waals surface area contributed by atoms with Crippen molar-refractivity contribution in [3.05, 3.63) is 56.7 Å². The zero-order valence-corrected chi connectivity index (χ0v) is 17.4. The standard InChI is InChI=1S/C19H14N2O8S2/c1-9-2-4-11(12(6-9)21(27)28)14-5-3-10(29-14)7-15-17(24)20(19(30)31-15)13(18(25)26)8-16(22)23/h2-7,13H,8H2,1H3,(H,22,23)(H,25,26)/p-2. The van der Waals surface area contributed by atoms with Crippen LogP contribution in [0.3, 0.4) is 0 Å². The molecule has 0 saturated carbocycles. The number of carbonyl (C=O) groups excluding carboxylic acids is 3. The molecule has 12 heteroatoms. The molecule has 160 valence electrons. The number of nitro benzene ring substituents is 1. The number of hydrogen-bond acceptors (Lipinski definition) is 10. The Hall–Kier alpha value is -3.51. The van der Waals surface area contributed by atoms with Gasteiger partial charge < -0.3 is 24.2 Å². The number of thiocarbonyl (C=S) groups is 1. The first kappa shape index (κ1) is 22.2. The molecule has 10 nitrogen and oxygen atoms in total. The second-order valence-electron chi connectivity index (χ2n) is 6.44. The molecular formula is C19H12N2O8S2-2. The van der Waals surface area contributed by atoms with Gasteiger partial charge in [0.05, 0.1) is 27.4 Å². The number of nitrogens with zero attached hydrogens (tertiary/aromatic N) is 2. The predicted molar refractivity (Wildman–Crippen MR) is 109 cm³/mol. The molecule has 1 aromatic heterocycles. The van der Waals surface area contributed by atoms with E-state index in [0.29, 0.717) is 10.5 Å². The van der Waals surface area contributed by atoms with E-state index in [1.807, 2.05) is 0 Å². The molecule has 0 N–H and O–H groups in total. The Kier molecular flexibility index (Phi) is 6.22. The molecule has 1 atom stereocenters. The highest BCUT2D eigenvalue weighted by atomic mass is 32.2. The minimum atomic E-state index is -1.81. The van der Waals surface area contributed by atoms with Gasteiger partial charge in [0, 0.05) is 24.5 Å². The van der Waals surface area contributed by atoms with Crippen LogP contribution in [0.5, 0.6) is 0 Å². The molecule has 1 amide bonds. The third-order valence-corrected chi connectivity index (χ3v) is 5.61. The van der Waals surface area contributed by atoms with E-state index in [9.17, 15) is 34.7 Å². The largest absolute Gasteiger partial charge is 0.550 e. The summed E-state index contributed by atoms with van der Waals surface area (Å²) in [7, 11) is 0. The monoisotopic (exact) mass is 460 g/mol. The third-order valence-electron chi connectivity index (χ3n) is 4.28. The van der Waals surface area contributed by atoms with Crippen molar-refractivity contribution in [1.29, 1.82) is 0 Å². The Morgan fingerprint density at radius 3 is 2.61 bits per heavy atom. The van der Waals surface area contributed by atoms with Crippen molar-refractivity contribution >= 4 is 57.9 Å². The number of rotatable bonds is 7. The number of hydrogen-bond donors (Lipinski definition) is 0. The van der Waals surface area contributed by atoms with Crippen molar-refractivity contribution in [3.8, 4) is 11.3 Å². The first-order valence-electron chi connectivity index (χ1n) is 8.61. The molecule has 1 aromatic carbocycles. The fourth-order valence-corrected chi connectivity index (χ4v) is 4.23. The average Bonchev–Trinajstić information content (AvgIpc) is 3.24. The third kappa shape index (κ3) is 4.64. The summed E-state index contributed by atoms with van der Waals surface area (Å²) in [6, 6.07) is 5.78. The summed E-state index contributed by atoms with van der Waals surface area (Å²) < 4.78 is 5.45. The lowest BCUT2D eigenvalue weighted by atomic mass is 10.1. The Labute approximate surface area is 184 Å². The maximum absolute atomic E-state index is 12.6. The Balaban J connectivity index is 1.91. The normalized spacial score (nSPS) is 16.0. The van der Waals surface area contributed by atoms with Crippen LogP contribution in [0, 0.1) is 17.0 Å². The van der Waals surface area contributed by atoms with Crippen LogP contribution in [0.1, 0.15) is 17.7 Å².